The Labute approximate surface area is 99.5 Å². The van der Waals surface area contributed by atoms with Crippen molar-refractivity contribution in [2.24, 2.45) is 0 Å². The third kappa shape index (κ3) is 3.14. The van der Waals surface area contributed by atoms with Gasteiger partial charge >= 0.3 is 0 Å². The lowest BCUT2D eigenvalue weighted by Crippen LogP contribution is -2.37. The molecule has 2 rings (SSSR count). The number of hydrogen-bond donors (Lipinski definition) is 1. The summed E-state index contributed by atoms with van der Waals surface area (Å²) in [5.74, 6) is 0. The van der Waals surface area contributed by atoms with Crippen molar-refractivity contribution in [3.05, 3.63) is 16.1 Å². The molecule has 1 aliphatic rings. The quantitative estimate of drug-likeness (QED) is 0.818. The molecule has 0 bridgehead atoms. The molecule has 1 N–H and O–H groups in total. The Balaban J connectivity index is 1.84. The van der Waals surface area contributed by atoms with Gasteiger partial charge in [0, 0.05) is 18.5 Å². The van der Waals surface area contributed by atoms with Crippen molar-refractivity contribution < 1.29 is 0 Å². The first-order valence-corrected chi connectivity index (χ1v) is 6.36. The first-order chi connectivity index (χ1) is 7.15. The highest BCUT2D eigenvalue weighted by molar-refractivity contribution is 7.80. The van der Waals surface area contributed by atoms with Gasteiger partial charge in [-0.25, -0.2) is 4.98 Å². The first-order valence-electron chi connectivity index (χ1n) is 5.08. The van der Waals surface area contributed by atoms with Gasteiger partial charge in [-0.2, -0.15) is 0 Å². The summed E-state index contributed by atoms with van der Waals surface area (Å²) in [6.07, 6.45) is 2.51. The van der Waals surface area contributed by atoms with Crippen LogP contribution >= 0.6 is 23.6 Å². The largest absolute Gasteiger partial charge is 0.360 e. The maximum Gasteiger partial charge on any atom is 0.169 e. The van der Waals surface area contributed by atoms with E-state index in [1.807, 2.05) is 18.9 Å². The summed E-state index contributed by atoms with van der Waals surface area (Å²) in [7, 11) is 2.01. The Morgan fingerprint density at radius 3 is 3.00 bits per heavy atom. The molecule has 3 nitrogen and oxygen atoms in total. The maximum absolute atomic E-state index is 5.29. The highest BCUT2D eigenvalue weighted by Gasteiger charge is 2.22. The number of thiazole rings is 1. The van der Waals surface area contributed by atoms with E-state index in [2.05, 4.69) is 15.7 Å². The second kappa shape index (κ2) is 4.45. The van der Waals surface area contributed by atoms with E-state index in [0.717, 1.165) is 22.4 Å². The fourth-order valence-electron chi connectivity index (χ4n) is 1.31. The second-order valence-corrected chi connectivity index (χ2v) is 5.39. The molecule has 1 fully saturated rings. The van der Waals surface area contributed by atoms with Gasteiger partial charge in [0.1, 0.15) is 0 Å². The number of rotatable bonds is 3. The number of nitrogens with one attached hydrogen (secondary N) is 1. The van der Waals surface area contributed by atoms with Gasteiger partial charge in [-0.3, -0.25) is 0 Å². The molecule has 0 amide bonds. The van der Waals surface area contributed by atoms with E-state index in [0.29, 0.717) is 6.04 Å². The fourth-order valence-corrected chi connectivity index (χ4v) is 2.14. The molecule has 0 atom stereocenters. The van der Waals surface area contributed by atoms with Crippen LogP contribution in [-0.4, -0.2) is 28.1 Å². The van der Waals surface area contributed by atoms with Crippen molar-refractivity contribution in [1.82, 2.24) is 15.2 Å². The molecule has 0 radical (unpaired) electrons. The zero-order valence-electron chi connectivity index (χ0n) is 8.99. The van der Waals surface area contributed by atoms with E-state index in [4.69, 9.17) is 12.2 Å². The van der Waals surface area contributed by atoms with Crippen molar-refractivity contribution in [1.29, 1.82) is 0 Å². The third-order valence-electron chi connectivity index (χ3n) is 2.32. The topological polar surface area (TPSA) is 28.2 Å². The lowest BCUT2D eigenvalue weighted by molar-refractivity contribution is 0.482. The summed E-state index contributed by atoms with van der Waals surface area (Å²) in [6.45, 7) is 2.82. The number of nitrogens with zero attached hydrogens (tertiary/aromatic N) is 2. The van der Waals surface area contributed by atoms with Crippen LogP contribution in [0.1, 0.15) is 23.5 Å². The van der Waals surface area contributed by atoms with Crippen molar-refractivity contribution >= 4 is 28.7 Å². The summed E-state index contributed by atoms with van der Waals surface area (Å²) in [4.78, 5) is 6.46. The molecule has 0 saturated heterocycles. The van der Waals surface area contributed by atoms with Crippen LogP contribution < -0.4 is 5.32 Å². The summed E-state index contributed by atoms with van der Waals surface area (Å²) >= 11 is 6.97. The predicted octanol–water partition coefficient (Wildman–Crippen LogP) is 1.92. The predicted molar refractivity (Wildman–Crippen MR) is 67.1 cm³/mol. The van der Waals surface area contributed by atoms with Gasteiger partial charge < -0.3 is 10.2 Å². The van der Waals surface area contributed by atoms with E-state index >= 15 is 0 Å². The molecule has 5 heteroatoms. The van der Waals surface area contributed by atoms with E-state index in [1.54, 1.807) is 11.3 Å². The highest BCUT2D eigenvalue weighted by Crippen LogP contribution is 2.19. The normalized spacial score (nSPS) is 15.1. The molecule has 0 aromatic carbocycles. The molecule has 1 heterocycles. The number of thiocarbonyl (C=S) groups is 1. The lowest BCUT2D eigenvalue weighted by atomic mass is 10.4. The Hall–Kier alpha value is -0.680. The van der Waals surface area contributed by atoms with E-state index in [9.17, 15) is 0 Å². The van der Waals surface area contributed by atoms with Gasteiger partial charge in [-0.15, -0.1) is 11.3 Å². The van der Waals surface area contributed by atoms with Gasteiger partial charge in [0.2, 0.25) is 0 Å². The summed E-state index contributed by atoms with van der Waals surface area (Å²) in [5.41, 5.74) is 1.10. The Morgan fingerprint density at radius 1 is 1.73 bits per heavy atom. The number of aromatic nitrogens is 1. The molecule has 1 aromatic heterocycles. The molecule has 1 saturated carbocycles. The Bertz CT molecular complexity index is 357. The van der Waals surface area contributed by atoms with Crippen molar-refractivity contribution in [3.63, 3.8) is 0 Å². The molecular formula is C10H15N3S2. The molecule has 1 aliphatic carbocycles. The Morgan fingerprint density at radius 2 is 2.47 bits per heavy atom. The van der Waals surface area contributed by atoms with Gasteiger partial charge in [0.05, 0.1) is 17.2 Å². The van der Waals surface area contributed by atoms with Gasteiger partial charge in [0.15, 0.2) is 5.11 Å². The van der Waals surface area contributed by atoms with Crippen LogP contribution in [0, 0.1) is 6.92 Å². The van der Waals surface area contributed by atoms with Crippen LogP contribution in [0.2, 0.25) is 0 Å². The number of aryl methyl sites for hydroxylation is 1. The standard InChI is InChI=1S/C10H15N3S2/c1-7-11-9(6-15-7)5-13(2)10(14)12-8-3-4-8/h6,8H,3-5H2,1-2H3,(H,12,14). The summed E-state index contributed by atoms with van der Waals surface area (Å²) in [6, 6.07) is 0.622. The minimum atomic E-state index is 0.622. The van der Waals surface area contributed by atoms with Crippen molar-refractivity contribution in [2.75, 3.05) is 7.05 Å². The van der Waals surface area contributed by atoms with Gasteiger partial charge in [0.25, 0.3) is 0 Å². The van der Waals surface area contributed by atoms with Crippen LogP contribution in [0.15, 0.2) is 5.38 Å². The van der Waals surface area contributed by atoms with Gasteiger partial charge in [-0.05, 0) is 32.0 Å². The lowest BCUT2D eigenvalue weighted by Gasteiger charge is -2.19. The van der Waals surface area contributed by atoms with Crippen LogP contribution in [0.5, 0.6) is 0 Å². The smallest absolute Gasteiger partial charge is 0.169 e. The van der Waals surface area contributed by atoms with Crippen LogP contribution in [0.25, 0.3) is 0 Å². The minimum absolute atomic E-state index is 0.622. The molecular weight excluding hydrogens is 226 g/mol. The average molecular weight is 241 g/mol. The first kappa shape index (κ1) is 10.8. The molecule has 0 unspecified atom stereocenters. The second-order valence-electron chi connectivity index (χ2n) is 3.94. The van der Waals surface area contributed by atoms with Crippen LogP contribution in [-0.2, 0) is 6.54 Å². The zero-order valence-corrected chi connectivity index (χ0v) is 10.6. The molecule has 82 valence electrons. The molecule has 0 spiro atoms. The van der Waals surface area contributed by atoms with Gasteiger partial charge in [-0.1, -0.05) is 0 Å². The average Bonchev–Trinajstić information content (AvgIpc) is 2.90. The fraction of sp³-hybridized carbons (Fsp3) is 0.600. The summed E-state index contributed by atoms with van der Waals surface area (Å²) < 4.78 is 0. The van der Waals surface area contributed by atoms with Crippen LogP contribution in [0.3, 0.4) is 0 Å². The van der Waals surface area contributed by atoms with E-state index < -0.39 is 0 Å². The monoisotopic (exact) mass is 241 g/mol. The van der Waals surface area contributed by atoms with Crippen LogP contribution in [0.4, 0.5) is 0 Å². The molecule has 15 heavy (non-hydrogen) atoms. The third-order valence-corrected chi connectivity index (χ3v) is 3.57. The van der Waals surface area contributed by atoms with E-state index in [-0.39, 0.29) is 0 Å². The van der Waals surface area contributed by atoms with Crippen molar-refractivity contribution in [3.8, 4) is 0 Å². The van der Waals surface area contributed by atoms with Crippen molar-refractivity contribution in [2.45, 2.75) is 32.4 Å². The number of hydrogen-bond acceptors (Lipinski definition) is 3. The Kier molecular flexibility index (Phi) is 3.21. The zero-order chi connectivity index (χ0) is 10.8. The minimum Gasteiger partial charge on any atom is -0.360 e. The highest BCUT2D eigenvalue weighted by atomic mass is 32.1. The molecule has 0 aliphatic heterocycles. The maximum atomic E-state index is 5.29. The summed E-state index contributed by atoms with van der Waals surface area (Å²) in [5, 5.41) is 7.35. The SMILES string of the molecule is Cc1nc(CN(C)C(=S)NC2CC2)cs1. The van der Waals surface area contributed by atoms with E-state index in [1.165, 1.54) is 12.8 Å². The molecule has 1 aromatic rings.